The number of benzene rings is 2. The third-order valence-corrected chi connectivity index (χ3v) is 6.86. The molecule has 0 aromatic heterocycles. The van der Waals surface area contributed by atoms with E-state index in [1.54, 1.807) is 0 Å². The third kappa shape index (κ3) is 5.36. The zero-order chi connectivity index (χ0) is 21.8. The summed E-state index contributed by atoms with van der Waals surface area (Å²) in [5.74, 6) is -0.517. The lowest BCUT2D eigenvalue weighted by Crippen LogP contribution is -2.20. The summed E-state index contributed by atoms with van der Waals surface area (Å²) in [4.78, 5) is 22.7. The third-order valence-electron chi connectivity index (χ3n) is 5.60. The van der Waals surface area contributed by atoms with Crippen molar-refractivity contribution in [2.75, 3.05) is 11.1 Å². The molecule has 0 atom stereocenters. The molecular formula is C24H25ClFN3OS. The topological polar surface area (TPSA) is 53.8 Å². The number of amides is 1. The summed E-state index contributed by atoms with van der Waals surface area (Å²) in [7, 11) is 0. The fourth-order valence-corrected chi connectivity index (χ4v) is 5.00. The monoisotopic (exact) mass is 457 g/mol. The van der Waals surface area contributed by atoms with Crippen LogP contribution in [-0.2, 0) is 4.79 Å². The van der Waals surface area contributed by atoms with Crippen LogP contribution in [0.2, 0.25) is 5.02 Å². The molecule has 7 heteroatoms. The lowest BCUT2D eigenvalue weighted by Gasteiger charge is -2.20. The first-order chi connectivity index (χ1) is 14.9. The van der Waals surface area contributed by atoms with Crippen molar-refractivity contribution in [3.05, 3.63) is 64.4 Å². The largest absolute Gasteiger partial charge is 0.325 e. The maximum atomic E-state index is 13.3. The summed E-state index contributed by atoms with van der Waals surface area (Å²) < 4.78 is 13.3. The lowest BCUT2D eigenvalue weighted by molar-refractivity contribution is -0.113. The van der Waals surface area contributed by atoms with Crippen molar-refractivity contribution in [3.63, 3.8) is 0 Å². The molecule has 1 aliphatic heterocycles. The quantitative estimate of drug-likeness (QED) is 0.576. The van der Waals surface area contributed by atoms with E-state index in [9.17, 15) is 9.18 Å². The molecule has 2 aromatic carbocycles. The van der Waals surface area contributed by atoms with Crippen LogP contribution in [0.1, 0.15) is 49.7 Å². The highest BCUT2D eigenvalue weighted by Gasteiger charge is 2.37. The summed E-state index contributed by atoms with van der Waals surface area (Å²) in [5.41, 5.74) is 3.18. The van der Waals surface area contributed by atoms with E-state index >= 15 is 0 Å². The summed E-state index contributed by atoms with van der Waals surface area (Å²) in [6.07, 6.45) is 6.59. The predicted molar refractivity (Wildman–Crippen MR) is 128 cm³/mol. The number of thioether (sulfide) groups is 1. The van der Waals surface area contributed by atoms with Crippen LogP contribution in [0.3, 0.4) is 0 Å². The molecule has 1 aliphatic carbocycles. The zero-order valence-electron chi connectivity index (χ0n) is 17.5. The van der Waals surface area contributed by atoms with Crippen molar-refractivity contribution in [3.8, 4) is 0 Å². The minimum atomic E-state index is -0.512. The van der Waals surface area contributed by atoms with Crippen LogP contribution in [0.15, 0.2) is 52.4 Å². The first-order valence-electron chi connectivity index (χ1n) is 10.6. The maximum Gasteiger partial charge on any atom is 0.234 e. The van der Waals surface area contributed by atoms with Gasteiger partial charge in [-0.15, -0.1) is 0 Å². The Hall–Kier alpha value is -2.18. The molecule has 31 heavy (non-hydrogen) atoms. The molecule has 2 aromatic rings. The molecule has 0 unspecified atom stereocenters. The highest BCUT2D eigenvalue weighted by atomic mass is 35.5. The molecule has 1 amide bonds. The van der Waals surface area contributed by atoms with Gasteiger partial charge in [-0.1, -0.05) is 66.0 Å². The Bertz CT molecular complexity index is 1030. The molecule has 0 saturated heterocycles. The second-order valence-corrected chi connectivity index (χ2v) is 9.48. The number of anilines is 1. The fraction of sp³-hybridized carbons (Fsp3) is 0.375. The van der Waals surface area contributed by atoms with Gasteiger partial charge in [-0.3, -0.25) is 9.79 Å². The number of carbonyl (C=O) groups excluding carboxylic acids is 1. The Morgan fingerprint density at radius 1 is 1.10 bits per heavy atom. The molecule has 1 spiro atoms. The van der Waals surface area contributed by atoms with E-state index in [1.165, 1.54) is 48.4 Å². The number of aliphatic imine (C=N–C) groups is 2. The van der Waals surface area contributed by atoms with Crippen molar-refractivity contribution in [2.45, 2.75) is 51.1 Å². The first kappa shape index (κ1) is 22.0. The number of nitrogens with one attached hydrogen (secondary N) is 1. The molecule has 1 heterocycles. The average molecular weight is 458 g/mol. The van der Waals surface area contributed by atoms with Crippen molar-refractivity contribution in [1.82, 2.24) is 0 Å². The molecule has 1 N–H and O–H groups in total. The summed E-state index contributed by atoms with van der Waals surface area (Å²) in [6, 6.07) is 12.4. The molecule has 0 bridgehead atoms. The molecule has 4 rings (SSSR count). The zero-order valence-corrected chi connectivity index (χ0v) is 19.0. The van der Waals surface area contributed by atoms with Gasteiger partial charge in [0.2, 0.25) is 5.91 Å². The van der Waals surface area contributed by atoms with Crippen LogP contribution in [0, 0.1) is 12.7 Å². The van der Waals surface area contributed by atoms with Gasteiger partial charge in [-0.05, 0) is 50.8 Å². The molecule has 1 saturated carbocycles. The number of carbonyl (C=O) groups is 1. The molecule has 2 aliphatic rings. The Labute approximate surface area is 191 Å². The molecule has 162 valence electrons. The highest BCUT2D eigenvalue weighted by molar-refractivity contribution is 8.16. The second kappa shape index (κ2) is 9.53. The minimum Gasteiger partial charge on any atom is -0.325 e. The number of nitrogens with zero attached hydrogens (tertiary/aromatic N) is 2. The van der Waals surface area contributed by atoms with Gasteiger partial charge >= 0.3 is 0 Å². The second-order valence-electron chi connectivity index (χ2n) is 8.11. The van der Waals surface area contributed by atoms with E-state index < -0.39 is 5.82 Å². The van der Waals surface area contributed by atoms with Gasteiger partial charge in [0.25, 0.3) is 0 Å². The SMILES string of the molecule is Cc1ccc(C2=NC3(CCCCCC3)N=C2SCC(=O)Nc2ccc(F)c(Cl)c2)cc1. The Morgan fingerprint density at radius 3 is 2.48 bits per heavy atom. The summed E-state index contributed by atoms with van der Waals surface area (Å²) in [6.45, 7) is 2.06. The highest BCUT2D eigenvalue weighted by Crippen LogP contribution is 2.38. The van der Waals surface area contributed by atoms with E-state index in [0.29, 0.717) is 5.69 Å². The number of halogens is 2. The predicted octanol–water partition coefficient (Wildman–Crippen LogP) is 6.41. The van der Waals surface area contributed by atoms with Crippen molar-refractivity contribution in [1.29, 1.82) is 0 Å². The van der Waals surface area contributed by atoms with E-state index in [4.69, 9.17) is 21.6 Å². The van der Waals surface area contributed by atoms with Gasteiger partial charge in [0, 0.05) is 11.3 Å². The molecular weight excluding hydrogens is 433 g/mol. The number of hydrogen-bond acceptors (Lipinski definition) is 4. The van der Waals surface area contributed by atoms with Crippen LogP contribution in [0.5, 0.6) is 0 Å². The van der Waals surface area contributed by atoms with E-state index in [1.807, 2.05) is 0 Å². The van der Waals surface area contributed by atoms with E-state index in [0.717, 1.165) is 42.0 Å². The first-order valence-corrected chi connectivity index (χ1v) is 12.0. The Balaban J connectivity index is 1.51. The van der Waals surface area contributed by atoms with Gasteiger partial charge < -0.3 is 5.32 Å². The molecule has 4 nitrogen and oxygen atoms in total. The van der Waals surface area contributed by atoms with Gasteiger partial charge in [0.15, 0.2) is 5.66 Å². The van der Waals surface area contributed by atoms with Crippen LogP contribution in [-0.4, -0.2) is 28.1 Å². The fourth-order valence-electron chi connectivity index (χ4n) is 3.95. The number of hydrogen-bond donors (Lipinski definition) is 1. The average Bonchev–Trinajstić information content (AvgIpc) is 2.94. The Kier molecular flexibility index (Phi) is 6.77. The van der Waals surface area contributed by atoms with Crippen LogP contribution >= 0.6 is 23.4 Å². The van der Waals surface area contributed by atoms with Crippen LogP contribution in [0.25, 0.3) is 0 Å². The van der Waals surface area contributed by atoms with Crippen molar-refractivity contribution < 1.29 is 9.18 Å². The lowest BCUT2D eigenvalue weighted by atomic mass is 10.0. The number of aryl methyl sites for hydroxylation is 1. The van der Waals surface area contributed by atoms with Gasteiger partial charge in [0.1, 0.15) is 10.9 Å². The normalized spacial score (nSPS) is 17.8. The Morgan fingerprint density at radius 2 is 1.81 bits per heavy atom. The van der Waals surface area contributed by atoms with E-state index in [2.05, 4.69) is 36.5 Å². The van der Waals surface area contributed by atoms with E-state index in [-0.39, 0.29) is 22.3 Å². The van der Waals surface area contributed by atoms with Gasteiger partial charge in [-0.2, -0.15) is 0 Å². The molecule has 1 fully saturated rings. The standard InChI is InChI=1S/C24H25ClFN3OS/c1-16-6-8-17(9-7-16)22-23(29-24(28-22)12-4-2-3-5-13-24)31-15-21(30)27-18-10-11-20(26)19(25)14-18/h6-11,14H,2-5,12-13,15H2,1H3,(H,27,30). The smallest absolute Gasteiger partial charge is 0.234 e. The van der Waals surface area contributed by atoms with Gasteiger partial charge in [-0.25, -0.2) is 9.38 Å². The number of rotatable bonds is 4. The maximum absolute atomic E-state index is 13.3. The van der Waals surface area contributed by atoms with Crippen LogP contribution < -0.4 is 5.32 Å². The van der Waals surface area contributed by atoms with Gasteiger partial charge in [0.05, 0.1) is 16.5 Å². The summed E-state index contributed by atoms with van der Waals surface area (Å²) >= 11 is 7.21. The molecule has 0 radical (unpaired) electrons. The summed E-state index contributed by atoms with van der Waals surface area (Å²) in [5, 5.41) is 3.57. The minimum absolute atomic E-state index is 0.0188. The van der Waals surface area contributed by atoms with Crippen molar-refractivity contribution in [2.24, 2.45) is 9.98 Å². The van der Waals surface area contributed by atoms with Crippen LogP contribution in [0.4, 0.5) is 10.1 Å². The van der Waals surface area contributed by atoms with Crippen molar-refractivity contribution >= 4 is 45.7 Å².